The predicted molar refractivity (Wildman–Crippen MR) is 272 cm³/mol. The number of pyridine rings is 1. The maximum atomic E-state index is 15.0. The number of benzene rings is 2. The number of nitrogens with one attached hydrogen (secondary N) is 2. The Morgan fingerprint density at radius 1 is 1.03 bits per heavy atom. The fourth-order valence-electron chi connectivity index (χ4n) is 11.9. The Bertz CT molecular complexity index is 2750. The van der Waals surface area contributed by atoms with Crippen molar-refractivity contribution >= 4 is 34.5 Å². The molecule has 6 bridgehead atoms. The minimum absolute atomic E-state index is 0.0106. The first-order valence-corrected chi connectivity index (χ1v) is 26.1. The predicted octanol–water partition coefficient (Wildman–Crippen LogP) is 6.57. The van der Waals surface area contributed by atoms with Crippen molar-refractivity contribution in [3.05, 3.63) is 76.5 Å². The van der Waals surface area contributed by atoms with E-state index in [-0.39, 0.29) is 55.1 Å². The first kappa shape index (κ1) is 51.0. The highest BCUT2D eigenvalue weighted by atomic mass is 16.8. The van der Waals surface area contributed by atoms with Crippen LogP contribution < -0.4 is 16.5 Å². The number of hydrogen-bond acceptors (Lipinski definition) is 11. The van der Waals surface area contributed by atoms with Crippen LogP contribution in [-0.4, -0.2) is 122 Å². The van der Waals surface area contributed by atoms with Crippen molar-refractivity contribution in [2.24, 2.45) is 28.9 Å². The Labute approximate surface area is 422 Å². The molecule has 0 unspecified atom stereocenters. The number of hydrogen-bond donors (Lipinski definition) is 4. The quantitative estimate of drug-likeness (QED) is 0.120. The van der Waals surface area contributed by atoms with Crippen molar-refractivity contribution in [3.63, 3.8) is 0 Å². The Morgan fingerprint density at radius 3 is 2.49 bits per heavy atom. The van der Waals surface area contributed by atoms with E-state index in [0.29, 0.717) is 61.5 Å². The second kappa shape index (κ2) is 20.2. The molecule has 386 valence electrons. The number of aryl methyl sites for hydroxylation is 1. The van der Waals surface area contributed by atoms with Crippen LogP contribution in [0.4, 0.5) is 0 Å². The number of carbonyl (C=O) groups is 4. The standard InChI is InChI=1S/C55H73N9O8/c1-9-62-45-21-18-36-28-41(45)42(49(62)40-16-12-22-57-47(40)33(3)71-8)29-54(4,5)31-72-64(70)46-17-13-23-63(59-46)53(69)44(26-34-24-37(36)27-39(65)25-34)58-50(66)48(35-14-10-11-15-35)61(7)51(67)32(2)60(6)52(68)43-30-55(43,56)38-19-20-38/h12,16,18,21-22,24-25,27-28,32-33,35,38,43-44,46,48,59H,9-11,13-15,17,19-20,23,26,29-31,56H2,1-8H3,(H-,58,65,66)/p+1/t32-,33+,43+,44+,46-,48+,55+/m1/s1. The van der Waals surface area contributed by atoms with E-state index in [4.69, 9.17) is 20.3 Å². The molecule has 2 aliphatic heterocycles. The average molecular weight is 989 g/mol. The third kappa shape index (κ3) is 9.95. The number of rotatable bonds is 12. The number of hydrazine groups is 1. The van der Waals surface area contributed by atoms with Gasteiger partial charge in [-0.15, -0.1) is 0 Å². The van der Waals surface area contributed by atoms with Crippen LogP contribution in [0, 0.1) is 28.1 Å². The van der Waals surface area contributed by atoms with Gasteiger partial charge >= 0.3 is 6.17 Å². The van der Waals surface area contributed by atoms with Crippen LogP contribution in [-0.2, 0) is 48.1 Å². The van der Waals surface area contributed by atoms with Gasteiger partial charge in [-0.3, -0.25) is 29.2 Å². The SMILES string of the molecule is CCn1c(-c2cccnc2[C@H](C)OC)c2c3cc(ccc31)-c1cc(O)cc(c1)C[C@H](NC(=O)[C@H](C1CCCC1)N(C)C(=O)[C@@H](C)N(C)C(=O)[C@@H]1C[C@]1(N)C1CC1)C(=O)N1CCC[C@H](N1)[N+](=O)OCC(C)(C)C2. The molecule has 1 saturated heterocycles. The monoisotopic (exact) mass is 989 g/mol. The zero-order valence-corrected chi connectivity index (χ0v) is 43.3. The highest BCUT2D eigenvalue weighted by molar-refractivity contribution is 5.97. The summed E-state index contributed by atoms with van der Waals surface area (Å²) in [6.07, 6.45) is 7.82. The lowest BCUT2D eigenvalue weighted by Crippen LogP contribution is -2.63. The number of ether oxygens (including phenoxy) is 1. The van der Waals surface area contributed by atoms with Crippen LogP contribution in [0.15, 0.2) is 54.7 Å². The summed E-state index contributed by atoms with van der Waals surface area (Å²) in [5.74, 6) is -1.69. The number of phenolic OH excluding ortho intramolecular Hbond substituents is 1. The molecular weight excluding hydrogens is 915 g/mol. The lowest BCUT2D eigenvalue weighted by Gasteiger charge is -2.37. The summed E-state index contributed by atoms with van der Waals surface area (Å²) < 4.78 is 8.12. The number of aromatic nitrogens is 2. The summed E-state index contributed by atoms with van der Waals surface area (Å²) in [6, 6.07) is 12.5. The van der Waals surface area contributed by atoms with Gasteiger partial charge in [0.1, 0.15) is 23.9 Å². The Balaban J connectivity index is 1.08. The van der Waals surface area contributed by atoms with Crippen LogP contribution in [0.25, 0.3) is 33.3 Å². The molecule has 3 saturated carbocycles. The number of methoxy groups -OCH3 is 1. The molecule has 4 aromatic rings. The maximum absolute atomic E-state index is 15.0. The van der Waals surface area contributed by atoms with Crippen molar-refractivity contribution < 1.29 is 38.8 Å². The number of nitrogens with two attached hydrogens (primary N) is 1. The first-order chi connectivity index (χ1) is 34.3. The number of likely N-dealkylation sites (N-methyl/N-ethyl adjacent to an activating group) is 2. The van der Waals surface area contributed by atoms with Gasteiger partial charge in [0.25, 0.3) is 5.91 Å². The third-order valence-electron chi connectivity index (χ3n) is 16.5. The average Bonchev–Trinajstić information content (AvgIpc) is 4.27. The second-order valence-corrected chi connectivity index (χ2v) is 22.2. The van der Waals surface area contributed by atoms with E-state index in [1.54, 1.807) is 46.5 Å². The molecule has 5 aliphatic rings. The topological polar surface area (TPSA) is 205 Å². The zero-order chi connectivity index (χ0) is 51.4. The number of aromatic hydroxyl groups is 1. The van der Waals surface area contributed by atoms with Gasteiger partial charge in [0.15, 0.2) is 6.61 Å². The molecule has 9 rings (SSSR count). The summed E-state index contributed by atoms with van der Waals surface area (Å²) in [5, 5.41) is 16.9. The molecule has 7 atom stereocenters. The molecule has 4 heterocycles. The molecule has 4 fully saturated rings. The molecule has 0 radical (unpaired) electrons. The van der Waals surface area contributed by atoms with Crippen molar-refractivity contribution in [1.29, 1.82) is 0 Å². The van der Waals surface area contributed by atoms with Crippen molar-refractivity contribution in [2.75, 3.05) is 34.4 Å². The number of carbonyl (C=O) groups excluding carboxylic acids is 4. The summed E-state index contributed by atoms with van der Waals surface area (Å²) in [6.45, 7) is 10.9. The lowest BCUT2D eigenvalue weighted by atomic mass is 9.84. The summed E-state index contributed by atoms with van der Waals surface area (Å²) >= 11 is 0. The molecule has 5 N–H and O–H groups in total. The number of fused-ring (bicyclic) bond motifs is 6. The molecular formula is C55H74N9O8+. The lowest BCUT2D eigenvalue weighted by molar-refractivity contribution is -0.835. The van der Waals surface area contributed by atoms with Gasteiger partial charge in [0.05, 0.1) is 28.3 Å². The zero-order valence-electron chi connectivity index (χ0n) is 43.3. The van der Waals surface area contributed by atoms with Crippen molar-refractivity contribution in [3.8, 4) is 28.1 Å². The third-order valence-corrected chi connectivity index (χ3v) is 16.5. The minimum Gasteiger partial charge on any atom is -0.508 e. The summed E-state index contributed by atoms with van der Waals surface area (Å²) in [5.41, 5.74) is 15.6. The van der Waals surface area contributed by atoms with Crippen LogP contribution in [0.5, 0.6) is 5.75 Å². The molecule has 4 amide bonds. The van der Waals surface area contributed by atoms with E-state index in [9.17, 15) is 24.4 Å². The van der Waals surface area contributed by atoms with E-state index in [1.807, 2.05) is 25.1 Å². The van der Waals surface area contributed by atoms with Gasteiger partial charge in [-0.2, -0.15) is 5.43 Å². The number of phenols is 1. The normalized spacial score (nSPS) is 24.7. The molecule has 17 nitrogen and oxygen atoms in total. The van der Waals surface area contributed by atoms with Crippen LogP contribution >= 0.6 is 0 Å². The van der Waals surface area contributed by atoms with Gasteiger partial charge in [-0.05, 0) is 136 Å². The summed E-state index contributed by atoms with van der Waals surface area (Å²) in [4.78, 5) is 86.4. The molecule has 72 heavy (non-hydrogen) atoms. The van der Waals surface area contributed by atoms with E-state index >= 15 is 4.79 Å². The van der Waals surface area contributed by atoms with E-state index < -0.39 is 47.1 Å². The van der Waals surface area contributed by atoms with Gasteiger partial charge in [-0.25, -0.2) is 4.84 Å². The number of amides is 4. The van der Waals surface area contributed by atoms with Gasteiger partial charge in [-0.1, -0.05) is 38.8 Å². The molecule has 2 aromatic heterocycles. The van der Waals surface area contributed by atoms with Gasteiger partial charge in [0, 0.05) is 80.8 Å². The van der Waals surface area contributed by atoms with Crippen LogP contribution in [0.1, 0.15) is 115 Å². The van der Waals surface area contributed by atoms with Crippen LogP contribution in [0.2, 0.25) is 0 Å². The Morgan fingerprint density at radius 2 is 1.78 bits per heavy atom. The molecule has 17 heteroatoms. The summed E-state index contributed by atoms with van der Waals surface area (Å²) in [7, 11) is 4.91. The highest BCUT2D eigenvalue weighted by Gasteiger charge is 2.63. The molecule has 0 spiro atoms. The van der Waals surface area contributed by atoms with Crippen LogP contribution in [0.3, 0.4) is 0 Å². The first-order valence-electron chi connectivity index (χ1n) is 26.1. The van der Waals surface area contributed by atoms with Gasteiger partial charge in [0.2, 0.25) is 22.6 Å². The van der Waals surface area contributed by atoms with E-state index in [0.717, 1.165) is 70.2 Å². The minimum atomic E-state index is -1.18. The van der Waals surface area contributed by atoms with Crippen molar-refractivity contribution in [1.82, 2.24) is 35.1 Å². The smallest absolute Gasteiger partial charge is 0.326 e. The van der Waals surface area contributed by atoms with Crippen molar-refractivity contribution in [2.45, 2.75) is 148 Å². The fourth-order valence-corrected chi connectivity index (χ4v) is 11.9. The number of nitrogens with zero attached hydrogens (tertiary/aromatic N) is 6. The van der Waals surface area contributed by atoms with E-state index in [2.05, 4.69) is 54.3 Å². The maximum Gasteiger partial charge on any atom is 0.326 e. The Hall–Kier alpha value is -5.91. The highest BCUT2D eigenvalue weighted by Crippen LogP contribution is 2.57. The molecule has 3 aliphatic carbocycles. The van der Waals surface area contributed by atoms with E-state index in [1.165, 1.54) is 14.8 Å². The molecule has 2 aromatic carbocycles. The largest absolute Gasteiger partial charge is 0.508 e. The Kier molecular flexibility index (Phi) is 14.3. The second-order valence-electron chi connectivity index (χ2n) is 22.2. The fraction of sp³-hybridized carbons (Fsp3) is 0.582. The van der Waals surface area contributed by atoms with Gasteiger partial charge < -0.3 is 35.3 Å².